The number of benzene rings is 1. The van der Waals surface area contributed by atoms with Gasteiger partial charge in [0.05, 0.1) is 17.7 Å². The molecule has 1 aromatic rings. The van der Waals surface area contributed by atoms with Crippen LogP contribution in [0.2, 0.25) is 0 Å². The second-order valence-corrected chi connectivity index (χ2v) is 6.99. The van der Waals surface area contributed by atoms with Gasteiger partial charge in [0.1, 0.15) is 0 Å². The summed E-state index contributed by atoms with van der Waals surface area (Å²) < 4.78 is 5.48. The zero-order valence-electron chi connectivity index (χ0n) is 16.5. The summed E-state index contributed by atoms with van der Waals surface area (Å²) >= 11 is 5.49. The van der Waals surface area contributed by atoms with Gasteiger partial charge in [0.2, 0.25) is 5.91 Å². The Balaban J connectivity index is 2.47. The van der Waals surface area contributed by atoms with Crippen LogP contribution in [0, 0.1) is 0 Å². The third kappa shape index (κ3) is 4.86. The van der Waals surface area contributed by atoms with Gasteiger partial charge in [-0.15, -0.1) is 0 Å². The standard InChI is InChI=1S/C20H27N3O3S/c1-6-16(24)21-15-10-8-9-14(11-15)18-17(19(25)26-12(3)4)13(5)23(7-2)20(27)22-18/h8-12,18H,6-7H2,1-5H3,(H,21,24)(H,22,27)/t18-/m1/s1. The number of amides is 1. The van der Waals surface area contributed by atoms with Crippen LogP contribution in [0.25, 0.3) is 0 Å². The van der Waals surface area contributed by atoms with E-state index in [1.807, 2.05) is 56.9 Å². The highest BCUT2D eigenvalue weighted by Crippen LogP contribution is 2.32. The molecule has 27 heavy (non-hydrogen) atoms. The highest BCUT2D eigenvalue weighted by Gasteiger charge is 2.34. The second kappa shape index (κ2) is 8.99. The Morgan fingerprint density at radius 3 is 2.63 bits per heavy atom. The van der Waals surface area contributed by atoms with Gasteiger partial charge < -0.3 is 20.3 Å². The summed E-state index contributed by atoms with van der Waals surface area (Å²) in [6.45, 7) is 9.94. The molecule has 0 bridgehead atoms. The fraction of sp³-hybridized carbons (Fsp3) is 0.450. The molecule has 0 aliphatic carbocycles. The molecule has 1 amide bonds. The highest BCUT2D eigenvalue weighted by molar-refractivity contribution is 7.80. The molecule has 1 aliphatic heterocycles. The van der Waals surface area contributed by atoms with E-state index in [0.717, 1.165) is 11.3 Å². The highest BCUT2D eigenvalue weighted by atomic mass is 32.1. The van der Waals surface area contributed by atoms with E-state index in [4.69, 9.17) is 17.0 Å². The number of allylic oxidation sites excluding steroid dienone is 1. The zero-order valence-corrected chi connectivity index (χ0v) is 17.3. The first-order valence-electron chi connectivity index (χ1n) is 9.18. The molecule has 0 aromatic heterocycles. The van der Waals surface area contributed by atoms with Crippen LogP contribution in [-0.2, 0) is 14.3 Å². The number of anilines is 1. The SMILES string of the molecule is CCC(=O)Nc1cccc([C@H]2NC(=S)N(CC)C(C)=C2C(=O)OC(C)C)c1. The number of hydrogen-bond acceptors (Lipinski definition) is 4. The lowest BCUT2D eigenvalue weighted by atomic mass is 9.94. The quantitative estimate of drug-likeness (QED) is 0.573. The predicted molar refractivity (Wildman–Crippen MR) is 110 cm³/mol. The molecular formula is C20H27N3O3S. The molecule has 0 fully saturated rings. The number of nitrogens with one attached hydrogen (secondary N) is 2. The van der Waals surface area contributed by atoms with Gasteiger partial charge in [0.25, 0.3) is 0 Å². The van der Waals surface area contributed by atoms with Crippen LogP contribution < -0.4 is 10.6 Å². The Hall–Kier alpha value is -2.41. The summed E-state index contributed by atoms with van der Waals surface area (Å²) in [5.74, 6) is -0.438. The lowest BCUT2D eigenvalue weighted by Crippen LogP contribution is -2.47. The van der Waals surface area contributed by atoms with Crippen LogP contribution in [0.4, 0.5) is 5.69 Å². The van der Waals surface area contributed by atoms with E-state index in [1.54, 1.807) is 6.92 Å². The molecule has 1 aliphatic rings. The van der Waals surface area contributed by atoms with E-state index >= 15 is 0 Å². The van der Waals surface area contributed by atoms with Crippen molar-refractivity contribution in [3.05, 3.63) is 41.1 Å². The lowest BCUT2D eigenvalue weighted by Gasteiger charge is -2.37. The van der Waals surface area contributed by atoms with E-state index in [9.17, 15) is 9.59 Å². The average Bonchev–Trinajstić information content (AvgIpc) is 2.60. The van der Waals surface area contributed by atoms with Crippen LogP contribution in [0.1, 0.15) is 52.6 Å². The van der Waals surface area contributed by atoms with Gasteiger partial charge in [-0.2, -0.15) is 0 Å². The van der Waals surface area contributed by atoms with E-state index in [1.165, 1.54) is 0 Å². The molecule has 7 heteroatoms. The van der Waals surface area contributed by atoms with Crippen molar-refractivity contribution in [2.45, 2.75) is 53.2 Å². The molecule has 0 saturated heterocycles. The normalized spacial score (nSPS) is 17.0. The topological polar surface area (TPSA) is 70.7 Å². The molecule has 1 atom stereocenters. The fourth-order valence-corrected chi connectivity index (χ4v) is 3.38. The molecular weight excluding hydrogens is 362 g/mol. The molecule has 146 valence electrons. The Bertz CT molecular complexity index is 773. The third-order valence-electron chi connectivity index (χ3n) is 4.30. The van der Waals surface area contributed by atoms with E-state index < -0.39 is 6.04 Å². The summed E-state index contributed by atoms with van der Waals surface area (Å²) in [5, 5.41) is 6.66. The Labute approximate surface area is 166 Å². The molecule has 2 N–H and O–H groups in total. The molecule has 6 nitrogen and oxygen atoms in total. The second-order valence-electron chi connectivity index (χ2n) is 6.61. The maximum Gasteiger partial charge on any atom is 0.338 e. The Kier molecular flexibility index (Phi) is 6.96. The van der Waals surface area contributed by atoms with Gasteiger partial charge >= 0.3 is 5.97 Å². The molecule has 0 saturated carbocycles. The van der Waals surface area contributed by atoms with Gasteiger partial charge in [0.15, 0.2) is 5.11 Å². The first-order chi connectivity index (χ1) is 12.8. The number of nitrogens with zero attached hydrogens (tertiary/aromatic N) is 1. The maximum absolute atomic E-state index is 12.8. The lowest BCUT2D eigenvalue weighted by molar-refractivity contribution is -0.143. The number of thiocarbonyl (C=S) groups is 1. The minimum Gasteiger partial charge on any atom is -0.459 e. The van der Waals surface area contributed by atoms with Crippen molar-refractivity contribution in [2.24, 2.45) is 0 Å². The van der Waals surface area contributed by atoms with E-state index in [2.05, 4.69) is 10.6 Å². The number of hydrogen-bond donors (Lipinski definition) is 2. The summed E-state index contributed by atoms with van der Waals surface area (Å²) in [4.78, 5) is 26.4. The van der Waals surface area contributed by atoms with Crippen molar-refractivity contribution in [1.29, 1.82) is 0 Å². The molecule has 0 unspecified atom stereocenters. The summed E-state index contributed by atoms with van der Waals surface area (Å²) in [5.41, 5.74) is 2.81. The van der Waals surface area contributed by atoms with Crippen molar-refractivity contribution >= 4 is 34.9 Å². The molecule has 0 radical (unpaired) electrons. The van der Waals surface area contributed by atoms with Gasteiger partial charge in [0, 0.05) is 24.4 Å². The van der Waals surface area contributed by atoms with Crippen molar-refractivity contribution in [3.8, 4) is 0 Å². The first kappa shape index (κ1) is 20.9. The average molecular weight is 390 g/mol. The fourth-order valence-electron chi connectivity index (χ4n) is 3.00. The van der Waals surface area contributed by atoms with Crippen molar-refractivity contribution in [1.82, 2.24) is 10.2 Å². The number of ether oxygens (including phenoxy) is 1. The zero-order chi connectivity index (χ0) is 20.1. The van der Waals surface area contributed by atoms with Gasteiger partial charge in [-0.25, -0.2) is 4.79 Å². The van der Waals surface area contributed by atoms with E-state index in [0.29, 0.717) is 29.3 Å². The van der Waals surface area contributed by atoms with Crippen molar-refractivity contribution in [2.75, 3.05) is 11.9 Å². The van der Waals surface area contributed by atoms with Gasteiger partial charge in [-0.05, 0) is 57.6 Å². The minimum absolute atomic E-state index is 0.0670. The molecule has 1 aromatic carbocycles. The molecule has 0 spiro atoms. The van der Waals surface area contributed by atoms with Crippen LogP contribution in [0.5, 0.6) is 0 Å². The Morgan fingerprint density at radius 1 is 1.33 bits per heavy atom. The largest absolute Gasteiger partial charge is 0.459 e. The smallest absolute Gasteiger partial charge is 0.338 e. The predicted octanol–water partition coefficient (Wildman–Crippen LogP) is 3.51. The Morgan fingerprint density at radius 2 is 2.04 bits per heavy atom. The van der Waals surface area contributed by atoms with Crippen LogP contribution in [-0.4, -0.2) is 34.5 Å². The number of rotatable bonds is 6. The molecule has 1 heterocycles. The number of carbonyl (C=O) groups is 2. The van der Waals surface area contributed by atoms with Crippen molar-refractivity contribution in [3.63, 3.8) is 0 Å². The summed E-state index contributed by atoms with van der Waals surface area (Å²) in [7, 11) is 0. The van der Waals surface area contributed by atoms with Crippen LogP contribution >= 0.6 is 12.2 Å². The van der Waals surface area contributed by atoms with Crippen LogP contribution in [0.3, 0.4) is 0 Å². The van der Waals surface area contributed by atoms with Gasteiger partial charge in [-0.1, -0.05) is 19.1 Å². The number of esters is 1. The van der Waals surface area contributed by atoms with E-state index in [-0.39, 0.29) is 18.0 Å². The van der Waals surface area contributed by atoms with Crippen LogP contribution in [0.15, 0.2) is 35.5 Å². The summed E-state index contributed by atoms with van der Waals surface area (Å²) in [6.07, 6.45) is 0.171. The minimum atomic E-state index is -0.440. The van der Waals surface area contributed by atoms with Gasteiger partial charge in [-0.3, -0.25) is 4.79 Å². The molecule has 2 rings (SSSR count). The summed E-state index contributed by atoms with van der Waals surface area (Å²) in [6, 6.07) is 6.98. The third-order valence-corrected chi connectivity index (χ3v) is 4.64. The number of carbonyl (C=O) groups excluding carboxylic acids is 2. The van der Waals surface area contributed by atoms with Crippen molar-refractivity contribution < 1.29 is 14.3 Å². The maximum atomic E-state index is 12.8. The monoisotopic (exact) mass is 389 g/mol. The first-order valence-corrected chi connectivity index (χ1v) is 9.58.